The zero-order valence-electron chi connectivity index (χ0n) is 12.5. The predicted octanol–water partition coefficient (Wildman–Crippen LogP) is 3.36. The summed E-state index contributed by atoms with van der Waals surface area (Å²) in [5, 5.41) is 11.4. The van der Waals surface area contributed by atoms with Crippen LogP contribution in [0, 0.1) is 0 Å². The Bertz CT molecular complexity index is 756. The van der Waals surface area contributed by atoms with Crippen molar-refractivity contribution in [3.63, 3.8) is 0 Å². The molecule has 118 valence electrons. The second kappa shape index (κ2) is 7.06. The molecule has 1 aromatic carbocycles. The maximum atomic E-state index is 11.9. The van der Waals surface area contributed by atoms with Crippen molar-refractivity contribution in [3.8, 4) is 10.8 Å². The number of rotatable bonds is 5. The van der Waals surface area contributed by atoms with E-state index in [1.54, 1.807) is 0 Å². The lowest BCUT2D eigenvalue weighted by Crippen LogP contribution is -2.36. The number of carbonyl (C=O) groups is 1. The number of benzene rings is 1. The summed E-state index contributed by atoms with van der Waals surface area (Å²) in [4.78, 5) is 17.1. The first-order valence-electron chi connectivity index (χ1n) is 7.18. The lowest BCUT2D eigenvalue weighted by Gasteiger charge is -2.14. The second-order valence-corrected chi connectivity index (χ2v) is 5.90. The Morgan fingerprint density at radius 3 is 2.83 bits per heavy atom. The maximum Gasteiger partial charge on any atom is 0.315 e. The topological polar surface area (TPSA) is 80.0 Å². The smallest absolute Gasteiger partial charge is 0.315 e. The van der Waals surface area contributed by atoms with Crippen LogP contribution in [0.4, 0.5) is 4.79 Å². The van der Waals surface area contributed by atoms with Crippen LogP contribution < -0.4 is 10.6 Å². The van der Waals surface area contributed by atoms with E-state index < -0.39 is 0 Å². The fraction of sp³-hybridized carbons (Fsp3) is 0.188. The van der Waals surface area contributed by atoms with Crippen LogP contribution in [-0.4, -0.2) is 16.2 Å². The largest absolute Gasteiger partial charge is 0.333 e. The van der Waals surface area contributed by atoms with Gasteiger partial charge < -0.3 is 15.2 Å². The monoisotopic (exact) mass is 328 g/mol. The molecule has 0 saturated carbocycles. The van der Waals surface area contributed by atoms with Crippen molar-refractivity contribution in [2.75, 3.05) is 0 Å². The molecule has 0 fully saturated rings. The van der Waals surface area contributed by atoms with Crippen LogP contribution in [0.3, 0.4) is 0 Å². The summed E-state index contributed by atoms with van der Waals surface area (Å²) >= 11 is 1.52. The van der Waals surface area contributed by atoms with Gasteiger partial charge in [0.2, 0.25) is 0 Å². The van der Waals surface area contributed by atoms with Gasteiger partial charge in [-0.3, -0.25) is 0 Å². The summed E-state index contributed by atoms with van der Waals surface area (Å²) in [6.45, 7) is 2.14. The molecule has 2 aromatic heterocycles. The van der Waals surface area contributed by atoms with Gasteiger partial charge in [0.15, 0.2) is 5.82 Å². The van der Waals surface area contributed by atoms with E-state index in [-0.39, 0.29) is 18.6 Å². The van der Waals surface area contributed by atoms with Gasteiger partial charge >= 0.3 is 6.03 Å². The first kappa shape index (κ1) is 15.2. The van der Waals surface area contributed by atoms with E-state index in [1.807, 2.05) is 54.8 Å². The molecule has 0 aliphatic rings. The summed E-state index contributed by atoms with van der Waals surface area (Å²) < 4.78 is 5.17. The SMILES string of the molecule is C[C@@H](NC(=O)NCc1noc(-c2cccs2)n1)c1ccccc1. The van der Waals surface area contributed by atoms with E-state index in [1.165, 1.54) is 11.3 Å². The predicted molar refractivity (Wildman–Crippen MR) is 87.8 cm³/mol. The molecule has 6 nitrogen and oxygen atoms in total. The highest BCUT2D eigenvalue weighted by Crippen LogP contribution is 2.22. The van der Waals surface area contributed by atoms with Crippen molar-refractivity contribution in [3.05, 3.63) is 59.2 Å². The highest BCUT2D eigenvalue weighted by Gasteiger charge is 2.12. The van der Waals surface area contributed by atoms with Crippen molar-refractivity contribution in [2.45, 2.75) is 19.5 Å². The maximum absolute atomic E-state index is 11.9. The number of hydrogen-bond donors (Lipinski definition) is 2. The first-order chi connectivity index (χ1) is 11.2. The van der Waals surface area contributed by atoms with E-state index in [0.29, 0.717) is 11.7 Å². The minimum atomic E-state index is -0.274. The minimum Gasteiger partial charge on any atom is -0.333 e. The molecule has 0 radical (unpaired) electrons. The Balaban J connectivity index is 1.51. The third-order valence-electron chi connectivity index (χ3n) is 3.25. The summed E-state index contributed by atoms with van der Waals surface area (Å²) in [6.07, 6.45) is 0. The molecular formula is C16H16N4O2S. The fourth-order valence-corrected chi connectivity index (χ4v) is 2.70. The van der Waals surface area contributed by atoms with Gasteiger partial charge in [-0.15, -0.1) is 11.3 Å². The first-order valence-corrected chi connectivity index (χ1v) is 8.06. The zero-order chi connectivity index (χ0) is 16.1. The quantitative estimate of drug-likeness (QED) is 0.752. The Kier molecular flexibility index (Phi) is 4.68. The van der Waals surface area contributed by atoms with Crippen LogP contribution in [-0.2, 0) is 6.54 Å². The van der Waals surface area contributed by atoms with Gasteiger partial charge in [0, 0.05) is 0 Å². The lowest BCUT2D eigenvalue weighted by atomic mass is 10.1. The average Bonchev–Trinajstić information content (AvgIpc) is 3.25. The molecule has 0 bridgehead atoms. The Labute approximate surface area is 137 Å². The molecule has 0 unspecified atom stereocenters. The normalized spacial score (nSPS) is 11.9. The van der Waals surface area contributed by atoms with E-state index in [4.69, 9.17) is 4.52 Å². The zero-order valence-corrected chi connectivity index (χ0v) is 13.3. The number of urea groups is 1. The van der Waals surface area contributed by atoms with Crippen LogP contribution in [0.15, 0.2) is 52.4 Å². The summed E-state index contributed by atoms with van der Waals surface area (Å²) in [5.74, 6) is 0.908. The molecular weight excluding hydrogens is 312 g/mol. The molecule has 1 atom stereocenters. The van der Waals surface area contributed by atoms with Crippen LogP contribution in [0.25, 0.3) is 10.8 Å². The molecule has 2 heterocycles. The molecule has 0 spiro atoms. The Morgan fingerprint density at radius 1 is 1.26 bits per heavy atom. The number of nitrogens with zero attached hydrogens (tertiary/aromatic N) is 2. The second-order valence-electron chi connectivity index (χ2n) is 4.95. The molecule has 3 rings (SSSR count). The van der Waals surface area contributed by atoms with Crippen molar-refractivity contribution >= 4 is 17.4 Å². The number of thiophene rings is 1. The molecule has 0 aliphatic heterocycles. The summed E-state index contributed by atoms with van der Waals surface area (Å²) in [5.41, 5.74) is 1.04. The van der Waals surface area contributed by atoms with E-state index >= 15 is 0 Å². The van der Waals surface area contributed by atoms with Gasteiger partial charge in [-0.05, 0) is 23.9 Å². The minimum absolute atomic E-state index is 0.0804. The number of amides is 2. The molecule has 2 amide bonds. The van der Waals surface area contributed by atoms with Crippen molar-refractivity contribution in [1.29, 1.82) is 0 Å². The number of hydrogen-bond acceptors (Lipinski definition) is 5. The molecule has 0 saturated heterocycles. The van der Waals surface area contributed by atoms with Gasteiger partial charge in [-0.1, -0.05) is 41.6 Å². The van der Waals surface area contributed by atoms with Gasteiger partial charge in [0.25, 0.3) is 5.89 Å². The molecule has 0 aliphatic carbocycles. The average molecular weight is 328 g/mol. The molecule has 7 heteroatoms. The van der Waals surface area contributed by atoms with E-state index in [2.05, 4.69) is 20.8 Å². The van der Waals surface area contributed by atoms with Crippen LogP contribution in [0.5, 0.6) is 0 Å². The standard InChI is InChI=1S/C16H16N4O2S/c1-11(12-6-3-2-4-7-12)18-16(21)17-10-14-19-15(22-20-14)13-8-5-9-23-13/h2-9,11H,10H2,1H3,(H2,17,18,21)/t11-/m1/s1. The Morgan fingerprint density at radius 2 is 2.09 bits per heavy atom. The summed E-state index contributed by atoms with van der Waals surface area (Å²) in [7, 11) is 0. The van der Waals surface area contributed by atoms with Crippen molar-refractivity contribution in [1.82, 2.24) is 20.8 Å². The van der Waals surface area contributed by atoms with Crippen LogP contribution in [0.1, 0.15) is 24.4 Å². The number of nitrogens with one attached hydrogen (secondary N) is 2. The van der Waals surface area contributed by atoms with Gasteiger partial charge in [-0.2, -0.15) is 4.98 Å². The Hall–Kier alpha value is -2.67. The third-order valence-corrected chi connectivity index (χ3v) is 4.11. The van der Waals surface area contributed by atoms with Gasteiger partial charge in [-0.25, -0.2) is 4.79 Å². The van der Waals surface area contributed by atoms with E-state index in [0.717, 1.165) is 10.4 Å². The molecule has 23 heavy (non-hydrogen) atoms. The molecule has 2 N–H and O–H groups in total. The van der Waals surface area contributed by atoms with Crippen molar-refractivity contribution < 1.29 is 9.32 Å². The van der Waals surface area contributed by atoms with E-state index in [9.17, 15) is 4.79 Å². The van der Waals surface area contributed by atoms with Crippen molar-refractivity contribution in [2.24, 2.45) is 0 Å². The van der Waals surface area contributed by atoms with Crippen LogP contribution >= 0.6 is 11.3 Å². The van der Waals surface area contributed by atoms with Gasteiger partial charge in [0.05, 0.1) is 17.5 Å². The number of aromatic nitrogens is 2. The third kappa shape index (κ3) is 3.95. The highest BCUT2D eigenvalue weighted by molar-refractivity contribution is 7.13. The summed E-state index contributed by atoms with van der Waals surface area (Å²) in [6, 6.07) is 13.2. The number of carbonyl (C=O) groups excluding carboxylic acids is 1. The van der Waals surface area contributed by atoms with Gasteiger partial charge in [0.1, 0.15) is 0 Å². The lowest BCUT2D eigenvalue weighted by molar-refractivity contribution is 0.237. The molecule has 3 aromatic rings. The fourth-order valence-electron chi connectivity index (χ4n) is 2.06. The highest BCUT2D eigenvalue weighted by atomic mass is 32.1. The van der Waals surface area contributed by atoms with Crippen LogP contribution in [0.2, 0.25) is 0 Å².